The molecule has 0 aliphatic carbocycles. The van der Waals surface area contributed by atoms with Crippen LogP contribution >= 0.6 is 31.9 Å². The molecule has 0 radical (unpaired) electrons. The van der Waals surface area contributed by atoms with Gasteiger partial charge in [-0.2, -0.15) is 9.78 Å². The molecule has 3 rings (SSSR count). The minimum Gasteiger partial charge on any atom is -0.507 e. The average Bonchev–Trinajstić information content (AvgIpc) is 2.62. The number of halogens is 2. The van der Waals surface area contributed by atoms with Crippen LogP contribution in [0.3, 0.4) is 0 Å². The zero-order valence-corrected chi connectivity index (χ0v) is 17.3. The smallest absolute Gasteiger partial charge is 0.282 e. The third kappa shape index (κ3) is 4.04. The lowest BCUT2D eigenvalue weighted by molar-refractivity contribution is 0.472. The summed E-state index contributed by atoms with van der Waals surface area (Å²) in [7, 11) is 0. The van der Waals surface area contributed by atoms with Crippen molar-refractivity contribution in [1.29, 1.82) is 0 Å². The van der Waals surface area contributed by atoms with Gasteiger partial charge in [0.05, 0.1) is 21.6 Å². The van der Waals surface area contributed by atoms with Gasteiger partial charge in [-0.05, 0) is 64.3 Å². The highest BCUT2D eigenvalue weighted by Gasteiger charge is 2.11. The number of rotatable bonds is 5. The maximum atomic E-state index is 12.9. The van der Waals surface area contributed by atoms with Crippen molar-refractivity contribution in [3.8, 4) is 5.75 Å². The van der Waals surface area contributed by atoms with Crippen LogP contribution in [0.15, 0.2) is 55.2 Å². The van der Waals surface area contributed by atoms with Crippen molar-refractivity contribution < 1.29 is 5.11 Å². The first-order chi connectivity index (χ1) is 12.5. The molecule has 2 aromatic carbocycles. The lowest BCUT2D eigenvalue weighted by Crippen LogP contribution is -2.22. The van der Waals surface area contributed by atoms with E-state index in [1.807, 2.05) is 12.1 Å². The molecule has 134 valence electrons. The molecule has 1 heterocycles. The molecule has 0 atom stereocenters. The molecular weight excluding hydrogens is 462 g/mol. The lowest BCUT2D eigenvalue weighted by Gasteiger charge is -2.09. The number of aromatic nitrogens is 2. The third-order valence-electron chi connectivity index (χ3n) is 3.92. The van der Waals surface area contributed by atoms with Crippen LogP contribution in [0.1, 0.15) is 31.2 Å². The van der Waals surface area contributed by atoms with Crippen molar-refractivity contribution in [2.24, 2.45) is 5.10 Å². The van der Waals surface area contributed by atoms with Crippen LogP contribution in [-0.4, -0.2) is 21.0 Å². The number of phenols is 1. The molecule has 0 fully saturated rings. The SMILES string of the molecule is CCCCc1nc2ccc(Br)cc2c(=O)n1N=Cc1ccc(O)c(Br)c1. The van der Waals surface area contributed by atoms with Crippen LogP contribution < -0.4 is 5.56 Å². The molecule has 0 amide bonds. The largest absolute Gasteiger partial charge is 0.507 e. The van der Waals surface area contributed by atoms with E-state index in [1.165, 1.54) is 4.68 Å². The number of hydrogen-bond donors (Lipinski definition) is 1. The molecule has 0 saturated carbocycles. The van der Waals surface area contributed by atoms with Crippen molar-refractivity contribution in [2.75, 3.05) is 0 Å². The second-order valence-electron chi connectivity index (χ2n) is 5.87. The number of nitrogens with zero attached hydrogens (tertiary/aromatic N) is 3. The third-order valence-corrected chi connectivity index (χ3v) is 5.05. The van der Waals surface area contributed by atoms with Crippen molar-refractivity contribution >= 4 is 49.0 Å². The van der Waals surface area contributed by atoms with Gasteiger partial charge >= 0.3 is 0 Å². The average molecular weight is 479 g/mol. The highest BCUT2D eigenvalue weighted by molar-refractivity contribution is 9.10. The van der Waals surface area contributed by atoms with Crippen LogP contribution in [0, 0.1) is 0 Å². The van der Waals surface area contributed by atoms with E-state index >= 15 is 0 Å². The number of hydrogen-bond acceptors (Lipinski definition) is 4. The summed E-state index contributed by atoms with van der Waals surface area (Å²) in [5.41, 5.74) is 1.23. The van der Waals surface area contributed by atoms with Crippen LogP contribution in [0.2, 0.25) is 0 Å². The summed E-state index contributed by atoms with van der Waals surface area (Å²) >= 11 is 6.68. The Kier molecular flexibility index (Phi) is 5.88. The number of aryl methyl sites for hydroxylation is 1. The number of aromatic hydroxyl groups is 1. The fraction of sp³-hybridized carbons (Fsp3) is 0.211. The van der Waals surface area contributed by atoms with E-state index in [4.69, 9.17) is 0 Å². The highest BCUT2D eigenvalue weighted by Crippen LogP contribution is 2.23. The fourth-order valence-corrected chi connectivity index (χ4v) is 3.30. The maximum Gasteiger partial charge on any atom is 0.282 e. The van der Waals surface area contributed by atoms with E-state index in [0.29, 0.717) is 27.6 Å². The van der Waals surface area contributed by atoms with Gasteiger partial charge < -0.3 is 5.11 Å². The van der Waals surface area contributed by atoms with Gasteiger partial charge in [-0.3, -0.25) is 4.79 Å². The monoisotopic (exact) mass is 477 g/mol. The Balaban J connectivity index is 2.11. The van der Waals surface area contributed by atoms with E-state index < -0.39 is 0 Å². The van der Waals surface area contributed by atoms with Gasteiger partial charge in [0.1, 0.15) is 11.6 Å². The first-order valence-corrected chi connectivity index (χ1v) is 9.82. The van der Waals surface area contributed by atoms with Gasteiger partial charge in [0.2, 0.25) is 0 Å². The normalized spacial score (nSPS) is 11.5. The van der Waals surface area contributed by atoms with Crippen molar-refractivity contribution in [3.05, 3.63) is 67.1 Å². The van der Waals surface area contributed by atoms with Gasteiger partial charge in [-0.1, -0.05) is 29.3 Å². The Morgan fingerprint density at radius 3 is 2.77 bits per heavy atom. The summed E-state index contributed by atoms with van der Waals surface area (Å²) in [6.45, 7) is 2.10. The fourth-order valence-electron chi connectivity index (χ4n) is 2.54. The van der Waals surface area contributed by atoms with Crippen LogP contribution in [0.25, 0.3) is 10.9 Å². The number of phenolic OH excluding ortho intramolecular Hbond substituents is 1. The number of benzene rings is 2. The number of fused-ring (bicyclic) bond motifs is 1. The topological polar surface area (TPSA) is 67.5 Å². The molecule has 1 N–H and O–H groups in total. The molecule has 0 saturated heterocycles. The van der Waals surface area contributed by atoms with Gasteiger partial charge in [0.15, 0.2) is 0 Å². The van der Waals surface area contributed by atoms with Crippen molar-refractivity contribution in [2.45, 2.75) is 26.2 Å². The van der Waals surface area contributed by atoms with E-state index in [1.54, 1.807) is 30.5 Å². The van der Waals surface area contributed by atoms with Gasteiger partial charge in [-0.15, -0.1) is 0 Å². The zero-order chi connectivity index (χ0) is 18.7. The first-order valence-electron chi connectivity index (χ1n) is 8.23. The standard InChI is InChI=1S/C19H17Br2N3O2/c1-2-3-4-18-23-16-7-6-13(20)10-14(16)19(26)24(18)22-11-12-5-8-17(25)15(21)9-12/h5-11,25H,2-4H2,1H3. The minimum absolute atomic E-state index is 0.153. The summed E-state index contributed by atoms with van der Waals surface area (Å²) in [6, 6.07) is 10.5. The first kappa shape index (κ1) is 18.8. The van der Waals surface area contributed by atoms with Crippen molar-refractivity contribution in [1.82, 2.24) is 9.66 Å². The molecule has 26 heavy (non-hydrogen) atoms. The molecule has 0 unspecified atom stereocenters. The maximum absolute atomic E-state index is 12.9. The van der Waals surface area contributed by atoms with E-state index in [0.717, 1.165) is 22.9 Å². The van der Waals surface area contributed by atoms with Gasteiger partial charge in [-0.25, -0.2) is 4.98 Å². The molecule has 1 aromatic heterocycles. The second kappa shape index (κ2) is 8.14. The quantitative estimate of drug-likeness (QED) is 0.533. The van der Waals surface area contributed by atoms with E-state index in [9.17, 15) is 9.90 Å². The molecular formula is C19H17Br2N3O2. The molecule has 0 bridgehead atoms. The van der Waals surface area contributed by atoms with Gasteiger partial charge in [0.25, 0.3) is 5.56 Å². The van der Waals surface area contributed by atoms with Crippen LogP contribution in [-0.2, 0) is 6.42 Å². The second-order valence-corrected chi connectivity index (χ2v) is 7.64. The number of unbranched alkanes of at least 4 members (excludes halogenated alkanes) is 1. The van der Waals surface area contributed by atoms with E-state index in [-0.39, 0.29) is 11.3 Å². The molecule has 0 aliphatic rings. The van der Waals surface area contributed by atoms with Gasteiger partial charge in [0, 0.05) is 10.9 Å². The van der Waals surface area contributed by atoms with Crippen LogP contribution in [0.4, 0.5) is 0 Å². The summed E-state index contributed by atoms with van der Waals surface area (Å²) in [6.07, 6.45) is 4.19. The molecule has 5 nitrogen and oxygen atoms in total. The lowest BCUT2D eigenvalue weighted by atomic mass is 10.2. The summed E-state index contributed by atoms with van der Waals surface area (Å²) in [4.78, 5) is 17.6. The molecule has 0 spiro atoms. The minimum atomic E-state index is -0.198. The Labute approximate surface area is 167 Å². The summed E-state index contributed by atoms with van der Waals surface area (Å²) < 4.78 is 2.76. The predicted molar refractivity (Wildman–Crippen MR) is 111 cm³/mol. The predicted octanol–water partition coefficient (Wildman–Crippen LogP) is 4.85. The molecule has 3 aromatic rings. The Bertz CT molecular complexity index is 1040. The Hall–Kier alpha value is -1.99. The summed E-state index contributed by atoms with van der Waals surface area (Å²) in [5.74, 6) is 0.793. The molecule has 0 aliphatic heterocycles. The zero-order valence-electron chi connectivity index (χ0n) is 14.1. The Morgan fingerprint density at radius 1 is 1.23 bits per heavy atom. The van der Waals surface area contributed by atoms with E-state index in [2.05, 4.69) is 48.9 Å². The molecule has 7 heteroatoms. The highest BCUT2D eigenvalue weighted by atomic mass is 79.9. The van der Waals surface area contributed by atoms with Crippen LogP contribution in [0.5, 0.6) is 5.75 Å². The van der Waals surface area contributed by atoms with Crippen molar-refractivity contribution in [3.63, 3.8) is 0 Å². The Morgan fingerprint density at radius 2 is 2.04 bits per heavy atom. The summed E-state index contributed by atoms with van der Waals surface area (Å²) in [5, 5.41) is 14.5.